The summed E-state index contributed by atoms with van der Waals surface area (Å²) in [6.07, 6.45) is -1.15. The molecule has 6 nitrogen and oxygen atoms in total. The number of ether oxygens (including phenoxy) is 3. The van der Waals surface area contributed by atoms with E-state index in [2.05, 4.69) is 5.32 Å². The number of carbonyl (C=O) groups excluding carboxylic acids is 2. The lowest BCUT2D eigenvalue weighted by atomic mass is 10.2. The monoisotopic (exact) mass is 413 g/mol. The average Bonchev–Trinajstić information content (AvgIpc) is 2.64. The van der Waals surface area contributed by atoms with Gasteiger partial charge in [0.2, 0.25) is 0 Å². The Morgan fingerprint density at radius 3 is 2.56 bits per heavy atom. The smallest absolute Gasteiger partial charge is 0.340 e. The van der Waals surface area contributed by atoms with E-state index in [-0.39, 0.29) is 15.6 Å². The Kier molecular flexibility index (Phi) is 5.72. The molecule has 0 spiro atoms. The number of nitrogens with one attached hydrogen (secondary N) is 1. The second-order valence-corrected chi connectivity index (χ2v) is 6.46. The molecule has 1 amide bonds. The van der Waals surface area contributed by atoms with Crippen molar-refractivity contribution in [2.75, 3.05) is 18.5 Å². The molecular weight excluding hydrogens is 400 g/mol. The normalized spacial score (nSPS) is 13.6. The third kappa shape index (κ3) is 4.43. The molecule has 0 bridgehead atoms. The van der Waals surface area contributed by atoms with Crippen molar-refractivity contribution >= 4 is 40.8 Å². The maximum Gasteiger partial charge on any atom is 0.340 e. The fourth-order valence-corrected chi connectivity index (χ4v) is 2.78. The Balaban J connectivity index is 1.65. The molecule has 0 aliphatic carbocycles. The van der Waals surface area contributed by atoms with Crippen molar-refractivity contribution in [2.45, 2.75) is 13.0 Å². The molecule has 0 fully saturated rings. The highest BCUT2D eigenvalue weighted by Gasteiger charge is 2.22. The average molecular weight is 414 g/mol. The quantitative estimate of drug-likeness (QED) is 0.603. The van der Waals surface area contributed by atoms with E-state index >= 15 is 0 Å². The molecule has 1 aliphatic heterocycles. The molecule has 1 unspecified atom stereocenters. The standard InChI is InChI=1S/C18H14Cl2FNO5/c1-9(27-18(24)11-7-14(21)13(20)8-12(11)19)17(23)22-10-2-3-15-16(6-10)26-5-4-25-15/h2-3,6-9H,4-5H2,1H3,(H,22,23). The fraction of sp³-hybridized carbons (Fsp3) is 0.222. The number of hydrogen-bond donors (Lipinski definition) is 1. The van der Waals surface area contributed by atoms with Gasteiger partial charge in [0.05, 0.1) is 15.6 Å². The van der Waals surface area contributed by atoms with E-state index in [1.165, 1.54) is 6.92 Å². The molecule has 1 aliphatic rings. The first-order chi connectivity index (χ1) is 12.8. The van der Waals surface area contributed by atoms with Gasteiger partial charge in [-0.2, -0.15) is 0 Å². The molecule has 2 aromatic rings. The number of benzene rings is 2. The van der Waals surface area contributed by atoms with Crippen LogP contribution in [0.5, 0.6) is 11.5 Å². The molecule has 142 valence electrons. The summed E-state index contributed by atoms with van der Waals surface area (Å²) < 4.78 is 29.4. The molecule has 1 atom stereocenters. The number of carbonyl (C=O) groups is 2. The Hall–Kier alpha value is -2.51. The van der Waals surface area contributed by atoms with Crippen LogP contribution in [0.1, 0.15) is 17.3 Å². The topological polar surface area (TPSA) is 73.9 Å². The molecular formula is C18H14Cl2FNO5. The second-order valence-electron chi connectivity index (χ2n) is 5.64. The Bertz CT molecular complexity index is 906. The zero-order valence-corrected chi connectivity index (χ0v) is 15.6. The number of anilines is 1. The molecule has 0 radical (unpaired) electrons. The van der Waals surface area contributed by atoms with Crippen LogP contribution in [0.4, 0.5) is 10.1 Å². The molecule has 2 aromatic carbocycles. The van der Waals surface area contributed by atoms with Crippen LogP contribution < -0.4 is 14.8 Å². The lowest BCUT2D eigenvalue weighted by Gasteiger charge is -2.19. The van der Waals surface area contributed by atoms with E-state index in [0.717, 1.165) is 12.1 Å². The minimum absolute atomic E-state index is 0.0779. The summed E-state index contributed by atoms with van der Waals surface area (Å²) in [6.45, 7) is 2.25. The third-order valence-electron chi connectivity index (χ3n) is 3.69. The zero-order chi connectivity index (χ0) is 19.6. The molecule has 1 N–H and O–H groups in total. The van der Waals surface area contributed by atoms with Gasteiger partial charge in [-0.05, 0) is 31.2 Å². The van der Waals surface area contributed by atoms with Crippen molar-refractivity contribution < 1.29 is 28.2 Å². The number of rotatable bonds is 4. The van der Waals surface area contributed by atoms with Crippen molar-refractivity contribution in [1.82, 2.24) is 0 Å². The number of amides is 1. The summed E-state index contributed by atoms with van der Waals surface area (Å²) in [7, 11) is 0. The second kappa shape index (κ2) is 8.02. The maximum absolute atomic E-state index is 13.5. The van der Waals surface area contributed by atoms with E-state index in [0.29, 0.717) is 30.4 Å². The minimum Gasteiger partial charge on any atom is -0.486 e. The predicted octanol–water partition coefficient (Wildman–Crippen LogP) is 4.09. The van der Waals surface area contributed by atoms with E-state index < -0.39 is 23.8 Å². The molecule has 0 aromatic heterocycles. The van der Waals surface area contributed by atoms with Gasteiger partial charge in [-0.3, -0.25) is 4.79 Å². The lowest BCUT2D eigenvalue weighted by molar-refractivity contribution is -0.123. The molecule has 0 saturated carbocycles. The van der Waals surface area contributed by atoms with Crippen molar-refractivity contribution in [3.8, 4) is 11.5 Å². The van der Waals surface area contributed by atoms with Gasteiger partial charge >= 0.3 is 5.97 Å². The highest BCUT2D eigenvalue weighted by atomic mass is 35.5. The summed E-state index contributed by atoms with van der Waals surface area (Å²) >= 11 is 11.5. The summed E-state index contributed by atoms with van der Waals surface area (Å²) in [4.78, 5) is 24.4. The van der Waals surface area contributed by atoms with Crippen LogP contribution in [0.3, 0.4) is 0 Å². The Morgan fingerprint density at radius 2 is 1.81 bits per heavy atom. The van der Waals surface area contributed by atoms with E-state index in [9.17, 15) is 14.0 Å². The SMILES string of the molecule is CC(OC(=O)c1cc(F)c(Cl)cc1Cl)C(=O)Nc1ccc2c(c1)OCCO2. The summed E-state index contributed by atoms with van der Waals surface area (Å²) in [5.41, 5.74) is 0.222. The van der Waals surface area contributed by atoms with Crippen LogP contribution in [0, 0.1) is 5.82 Å². The predicted molar refractivity (Wildman–Crippen MR) is 97.4 cm³/mol. The van der Waals surface area contributed by atoms with Gasteiger partial charge in [-0.15, -0.1) is 0 Å². The first-order valence-corrected chi connectivity index (χ1v) is 8.67. The maximum atomic E-state index is 13.5. The number of hydrogen-bond acceptors (Lipinski definition) is 5. The Labute approximate surface area is 164 Å². The summed E-state index contributed by atoms with van der Waals surface area (Å²) in [5, 5.41) is 2.30. The van der Waals surface area contributed by atoms with Gasteiger partial charge < -0.3 is 19.5 Å². The molecule has 9 heteroatoms. The van der Waals surface area contributed by atoms with E-state index in [1.54, 1.807) is 18.2 Å². The fourth-order valence-electron chi connectivity index (χ4n) is 2.32. The summed E-state index contributed by atoms with van der Waals surface area (Å²) in [5.74, 6) is -1.25. The van der Waals surface area contributed by atoms with Crippen molar-refractivity contribution in [3.05, 3.63) is 51.8 Å². The number of fused-ring (bicyclic) bond motifs is 1. The van der Waals surface area contributed by atoms with E-state index in [4.69, 9.17) is 37.4 Å². The van der Waals surface area contributed by atoms with Crippen LogP contribution in [-0.4, -0.2) is 31.2 Å². The van der Waals surface area contributed by atoms with Crippen LogP contribution in [0.2, 0.25) is 10.0 Å². The Morgan fingerprint density at radius 1 is 1.11 bits per heavy atom. The van der Waals surface area contributed by atoms with Crippen molar-refractivity contribution in [1.29, 1.82) is 0 Å². The number of halogens is 3. The molecule has 1 heterocycles. The molecule has 3 rings (SSSR count). The van der Waals surface area contributed by atoms with Crippen LogP contribution >= 0.6 is 23.2 Å². The van der Waals surface area contributed by atoms with Crippen LogP contribution in [0.15, 0.2) is 30.3 Å². The van der Waals surface area contributed by atoms with Gasteiger partial charge in [0.25, 0.3) is 5.91 Å². The highest BCUT2D eigenvalue weighted by molar-refractivity contribution is 6.36. The van der Waals surface area contributed by atoms with Crippen molar-refractivity contribution in [3.63, 3.8) is 0 Å². The first kappa shape index (κ1) is 19.3. The van der Waals surface area contributed by atoms with Crippen LogP contribution in [0.25, 0.3) is 0 Å². The number of esters is 1. The van der Waals surface area contributed by atoms with Gasteiger partial charge in [-0.25, -0.2) is 9.18 Å². The van der Waals surface area contributed by atoms with Crippen LogP contribution in [-0.2, 0) is 9.53 Å². The highest BCUT2D eigenvalue weighted by Crippen LogP contribution is 2.32. The summed E-state index contributed by atoms with van der Waals surface area (Å²) in [6, 6.07) is 6.85. The minimum atomic E-state index is -1.15. The molecule has 27 heavy (non-hydrogen) atoms. The zero-order valence-electron chi connectivity index (χ0n) is 14.1. The largest absolute Gasteiger partial charge is 0.486 e. The molecule has 0 saturated heterocycles. The lowest BCUT2D eigenvalue weighted by Crippen LogP contribution is -2.30. The van der Waals surface area contributed by atoms with Gasteiger partial charge in [0.1, 0.15) is 19.0 Å². The van der Waals surface area contributed by atoms with Crippen molar-refractivity contribution in [2.24, 2.45) is 0 Å². The van der Waals surface area contributed by atoms with Gasteiger partial charge in [0.15, 0.2) is 17.6 Å². The van der Waals surface area contributed by atoms with E-state index in [1.807, 2.05) is 0 Å². The van der Waals surface area contributed by atoms with Gasteiger partial charge in [0, 0.05) is 11.8 Å². The third-order valence-corrected chi connectivity index (χ3v) is 4.29. The van der Waals surface area contributed by atoms with Gasteiger partial charge in [-0.1, -0.05) is 23.2 Å². The first-order valence-electron chi connectivity index (χ1n) is 7.91.